The molecule has 2 unspecified atom stereocenters. The quantitative estimate of drug-likeness (QED) is 0.419. The highest BCUT2D eigenvalue weighted by molar-refractivity contribution is 7.80. The zero-order valence-corrected chi connectivity index (χ0v) is 20.0. The molecule has 0 radical (unpaired) electrons. The van der Waals surface area contributed by atoms with Crippen LogP contribution in [0, 0.1) is 13.8 Å². The second kappa shape index (κ2) is 10.4. The number of benzene rings is 2. The van der Waals surface area contributed by atoms with Gasteiger partial charge in [-0.1, -0.05) is 58.0 Å². The third-order valence-electron chi connectivity index (χ3n) is 5.55. The summed E-state index contributed by atoms with van der Waals surface area (Å²) < 4.78 is 5.91. The lowest BCUT2D eigenvalue weighted by Crippen LogP contribution is -2.36. The van der Waals surface area contributed by atoms with Gasteiger partial charge >= 0.3 is 0 Å². The van der Waals surface area contributed by atoms with E-state index in [1.54, 1.807) is 0 Å². The second-order valence-corrected chi connectivity index (χ2v) is 9.51. The van der Waals surface area contributed by atoms with Crippen molar-refractivity contribution in [3.05, 3.63) is 64.2 Å². The first-order chi connectivity index (χ1) is 14.0. The van der Waals surface area contributed by atoms with Crippen LogP contribution in [0.1, 0.15) is 74.5 Å². The summed E-state index contributed by atoms with van der Waals surface area (Å²) in [6.07, 6.45) is 2.53. The summed E-state index contributed by atoms with van der Waals surface area (Å²) in [4.78, 5) is 0. The fourth-order valence-corrected chi connectivity index (χ4v) is 3.52. The van der Waals surface area contributed by atoms with E-state index in [9.17, 15) is 0 Å². The van der Waals surface area contributed by atoms with Gasteiger partial charge in [0.2, 0.25) is 0 Å². The molecule has 5 N–H and O–H groups in total. The number of thiocarbonyl (C=S) groups is 1. The highest BCUT2D eigenvalue weighted by Gasteiger charge is 2.15. The van der Waals surface area contributed by atoms with Crippen LogP contribution in [0.25, 0.3) is 0 Å². The van der Waals surface area contributed by atoms with Gasteiger partial charge in [-0.15, -0.1) is 0 Å². The Labute approximate surface area is 187 Å². The van der Waals surface area contributed by atoms with Crippen LogP contribution in [0.4, 0.5) is 0 Å². The van der Waals surface area contributed by atoms with Gasteiger partial charge in [0.1, 0.15) is 11.9 Å². The lowest BCUT2D eigenvalue weighted by molar-refractivity contribution is 0.503. The molecule has 0 spiro atoms. The van der Waals surface area contributed by atoms with Crippen molar-refractivity contribution in [2.75, 3.05) is 0 Å². The van der Waals surface area contributed by atoms with Crippen LogP contribution in [-0.2, 0) is 11.8 Å². The van der Waals surface area contributed by atoms with E-state index in [1.807, 2.05) is 25.1 Å². The van der Waals surface area contributed by atoms with Crippen molar-refractivity contribution in [3.63, 3.8) is 0 Å². The molecular formula is C25H37N3OS. The molecule has 2 rings (SSSR count). The summed E-state index contributed by atoms with van der Waals surface area (Å²) in [6, 6.07) is 12.7. The van der Waals surface area contributed by atoms with Crippen LogP contribution >= 0.6 is 12.2 Å². The van der Waals surface area contributed by atoms with Gasteiger partial charge in [0, 0.05) is 6.04 Å². The van der Waals surface area contributed by atoms with Gasteiger partial charge < -0.3 is 21.5 Å². The van der Waals surface area contributed by atoms with Gasteiger partial charge in [-0.25, -0.2) is 0 Å². The van der Waals surface area contributed by atoms with Crippen molar-refractivity contribution in [2.45, 2.75) is 78.4 Å². The first-order valence-electron chi connectivity index (χ1n) is 10.7. The van der Waals surface area contributed by atoms with E-state index in [0.29, 0.717) is 0 Å². The summed E-state index contributed by atoms with van der Waals surface area (Å²) in [7, 11) is 0. The Morgan fingerprint density at radius 3 is 2.27 bits per heavy atom. The Morgan fingerprint density at radius 2 is 1.70 bits per heavy atom. The molecule has 2 aromatic rings. The zero-order chi connectivity index (χ0) is 22.5. The Kier molecular flexibility index (Phi) is 8.42. The van der Waals surface area contributed by atoms with E-state index >= 15 is 0 Å². The Balaban J connectivity index is 2.01. The molecule has 164 valence electrons. The topological polar surface area (TPSA) is 73.3 Å². The molecule has 4 nitrogen and oxygen atoms in total. The molecule has 0 saturated carbocycles. The van der Waals surface area contributed by atoms with E-state index in [4.69, 9.17) is 28.4 Å². The minimum absolute atomic E-state index is 0.109. The zero-order valence-electron chi connectivity index (χ0n) is 19.2. The van der Waals surface area contributed by atoms with Crippen LogP contribution < -0.4 is 21.5 Å². The predicted molar refractivity (Wildman–Crippen MR) is 131 cm³/mol. The SMILES string of the molecule is CCC(N)CCc1cc(C)c(OC(=S)NC(N)c2ccc(C(C)(C)C)cc2)cc1C. The van der Waals surface area contributed by atoms with Crippen LogP contribution in [-0.4, -0.2) is 11.2 Å². The average Bonchev–Trinajstić information content (AvgIpc) is 2.68. The third kappa shape index (κ3) is 6.79. The van der Waals surface area contributed by atoms with Crippen LogP contribution in [0.3, 0.4) is 0 Å². The first kappa shape index (κ1) is 24.3. The van der Waals surface area contributed by atoms with Gasteiger partial charge in [-0.3, -0.25) is 0 Å². The van der Waals surface area contributed by atoms with Crippen molar-refractivity contribution >= 4 is 17.4 Å². The molecular weight excluding hydrogens is 390 g/mol. The van der Waals surface area contributed by atoms with Crippen LogP contribution in [0.2, 0.25) is 0 Å². The Morgan fingerprint density at radius 1 is 1.07 bits per heavy atom. The summed E-state index contributed by atoms with van der Waals surface area (Å²) in [5, 5.41) is 3.35. The lowest BCUT2D eigenvalue weighted by atomic mass is 9.86. The van der Waals surface area contributed by atoms with E-state index in [2.05, 4.69) is 58.1 Å². The van der Waals surface area contributed by atoms with Gasteiger partial charge in [-0.2, -0.15) is 0 Å². The summed E-state index contributed by atoms with van der Waals surface area (Å²) in [5.74, 6) is 0.754. The normalized spacial score (nSPS) is 13.6. The number of rotatable bonds is 7. The summed E-state index contributed by atoms with van der Waals surface area (Å²) in [6.45, 7) is 12.8. The molecule has 0 saturated heterocycles. The Hall–Kier alpha value is -1.95. The monoisotopic (exact) mass is 427 g/mol. The number of nitrogens with two attached hydrogens (primary N) is 2. The van der Waals surface area contributed by atoms with Gasteiger partial charge in [0.25, 0.3) is 5.17 Å². The van der Waals surface area contributed by atoms with Crippen molar-refractivity contribution in [1.82, 2.24) is 5.32 Å². The van der Waals surface area contributed by atoms with Gasteiger partial charge in [0.15, 0.2) is 0 Å². The summed E-state index contributed by atoms with van der Waals surface area (Å²) >= 11 is 5.40. The fourth-order valence-electron chi connectivity index (χ4n) is 3.30. The molecule has 0 bridgehead atoms. The van der Waals surface area contributed by atoms with E-state index in [-0.39, 0.29) is 16.6 Å². The van der Waals surface area contributed by atoms with Crippen molar-refractivity contribution in [2.24, 2.45) is 11.5 Å². The molecule has 5 heteroatoms. The standard InChI is InChI=1S/C25H37N3OS/c1-7-21(26)13-10-19-14-17(3)22(15-16(19)2)29-24(30)28-23(27)18-8-11-20(12-9-18)25(4,5)6/h8-9,11-12,14-15,21,23H,7,10,13,26-27H2,1-6H3,(H,28,30). The van der Waals surface area contributed by atoms with Crippen molar-refractivity contribution < 1.29 is 4.74 Å². The molecule has 0 aliphatic rings. The largest absolute Gasteiger partial charge is 0.432 e. The molecule has 0 aliphatic carbocycles. The van der Waals surface area contributed by atoms with E-state index < -0.39 is 6.17 Å². The highest BCUT2D eigenvalue weighted by Crippen LogP contribution is 2.25. The number of nitrogens with one attached hydrogen (secondary N) is 1. The minimum atomic E-state index is -0.428. The minimum Gasteiger partial charge on any atom is -0.432 e. The molecule has 0 aromatic heterocycles. The highest BCUT2D eigenvalue weighted by atomic mass is 32.1. The smallest absolute Gasteiger partial charge is 0.263 e. The van der Waals surface area contributed by atoms with Crippen molar-refractivity contribution in [1.29, 1.82) is 0 Å². The predicted octanol–water partition coefficient (Wildman–Crippen LogP) is 5.18. The maximum atomic E-state index is 6.29. The van der Waals surface area contributed by atoms with Crippen molar-refractivity contribution in [3.8, 4) is 5.75 Å². The molecule has 0 heterocycles. The summed E-state index contributed by atoms with van der Waals surface area (Å²) in [5.41, 5.74) is 18.2. The maximum Gasteiger partial charge on any atom is 0.263 e. The molecule has 2 atom stereocenters. The molecule has 2 aromatic carbocycles. The number of aryl methyl sites for hydroxylation is 3. The Bertz CT molecular complexity index is 856. The average molecular weight is 428 g/mol. The number of hydrogen-bond donors (Lipinski definition) is 3. The van der Waals surface area contributed by atoms with Crippen LogP contribution in [0.15, 0.2) is 36.4 Å². The number of hydrogen-bond acceptors (Lipinski definition) is 4. The lowest BCUT2D eigenvalue weighted by Gasteiger charge is -2.21. The van der Waals surface area contributed by atoms with E-state index in [1.165, 1.54) is 16.7 Å². The van der Waals surface area contributed by atoms with Gasteiger partial charge in [0.05, 0.1) is 0 Å². The molecule has 0 fully saturated rings. The molecule has 0 amide bonds. The second-order valence-electron chi connectivity index (χ2n) is 9.13. The number of ether oxygens (including phenoxy) is 1. The van der Waals surface area contributed by atoms with E-state index in [0.717, 1.165) is 36.1 Å². The first-order valence-corrected chi connectivity index (χ1v) is 11.1. The maximum absolute atomic E-state index is 6.29. The van der Waals surface area contributed by atoms with Gasteiger partial charge in [-0.05, 0) is 84.6 Å². The molecule has 30 heavy (non-hydrogen) atoms. The molecule has 0 aliphatic heterocycles. The third-order valence-corrected chi connectivity index (χ3v) is 5.76. The van der Waals surface area contributed by atoms with Crippen LogP contribution in [0.5, 0.6) is 5.75 Å². The fraction of sp³-hybridized carbons (Fsp3) is 0.480.